The Morgan fingerprint density at radius 3 is 2.11 bits per heavy atom. The molecule has 1 unspecified atom stereocenters. The maximum absolute atomic E-state index is 3.51. The van der Waals surface area contributed by atoms with Crippen molar-refractivity contribution in [2.24, 2.45) is 11.8 Å². The van der Waals surface area contributed by atoms with Crippen molar-refractivity contribution in [2.75, 3.05) is 26.7 Å². The molecule has 0 aliphatic rings. The monoisotopic (exact) mass is 256 g/mol. The van der Waals surface area contributed by atoms with Crippen molar-refractivity contribution in [3.63, 3.8) is 0 Å². The summed E-state index contributed by atoms with van der Waals surface area (Å²) in [6, 6.07) is 0.726. The van der Waals surface area contributed by atoms with Crippen molar-refractivity contribution in [3.8, 4) is 0 Å². The van der Waals surface area contributed by atoms with Crippen LogP contribution in [-0.4, -0.2) is 37.6 Å². The molecule has 18 heavy (non-hydrogen) atoms. The highest BCUT2D eigenvalue weighted by atomic mass is 15.1. The number of hydrogen-bond donors (Lipinski definition) is 1. The Morgan fingerprint density at radius 2 is 1.56 bits per heavy atom. The molecule has 110 valence electrons. The van der Waals surface area contributed by atoms with E-state index >= 15 is 0 Å². The third kappa shape index (κ3) is 11.0. The molecule has 0 bridgehead atoms. The molecule has 0 amide bonds. The van der Waals surface area contributed by atoms with E-state index in [9.17, 15) is 0 Å². The Hall–Kier alpha value is -0.0800. The van der Waals surface area contributed by atoms with Crippen LogP contribution in [0.25, 0.3) is 0 Å². The maximum Gasteiger partial charge on any atom is 0.00663 e. The van der Waals surface area contributed by atoms with Gasteiger partial charge in [-0.05, 0) is 64.7 Å². The Labute approximate surface area is 116 Å². The minimum Gasteiger partial charge on any atom is -0.316 e. The van der Waals surface area contributed by atoms with Gasteiger partial charge in [0, 0.05) is 6.04 Å². The summed E-state index contributed by atoms with van der Waals surface area (Å²) in [5.74, 6) is 1.58. The standard InChI is InChI=1S/C16H36N2/c1-14(2)12-16(5)18(6)11-9-7-8-10-17-13-15(3)4/h14-17H,7-13H2,1-6H3. The molecular formula is C16H36N2. The molecule has 0 fully saturated rings. The van der Waals surface area contributed by atoms with Gasteiger partial charge in [-0.15, -0.1) is 0 Å². The third-order valence-electron chi connectivity index (χ3n) is 3.48. The van der Waals surface area contributed by atoms with Crippen molar-refractivity contribution in [2.45, 2.75) is 66.3 Å². The summed E-state index contributed by atoms with van der Waals surface area (Å²) in [6.45, 7) is 15.1. The van der Waals surface area contributed by atoms with Gasteiger partial charge in [-0.2, -0.15) is 0 Å². The van der Waals surface area contributed by atoms with Crippen molar-refractivity contribution >= 4 is 0 Å². The highest BCUT2D eigenvalue weighted by molar-refractivity contribution is 4.65. The van der Waals surface area contributed by atoms with Gasteiger partial charge in [0.1, 0.15) is 0 Å². The summed E-state index contributed by atoms with van der Waals surface area (Å²) < 4.78 is 0. The Balaban J connectivity index is 3.37. The van der Waals surface area contributed by atoms with E-state index in [1.165, 1.54) is 38.8 Å². The topological polar surface area (TPSA) is 15.3 Å². The zero-order chi connectivity index (χ0) is 14.0. The molecule has 0 radical (unpaired) electrons. The fraction of sp³-hybridized carbons (Fsp3) is 1.00. The van der Waals surface area contributed by atoms with Gasteiger partial charge in [0.05, 0.1) is 0 Å². The molecule has 0 saturated heterocycles. The van der Waals surface area contributed by atoms with Crippen LogP contribution in [0, 0.1) is 11.8 Å². The number of hydrogen-bond acceptors (Lipinski definition) is 2. The van der Waals surface area contributed by atoms with Gasteiger partial charge >= 0.3 is 0 Å². The quantitative estimate of drug-likeness (QED) is 0.566. The van der Waals surface area contributed by atoms with Crippen LogP contribution in [0.2, 0.25) is 0 Å². The highest BCUT2D eigenvalue weighted by Gasteiger charge is 2.09. The van der Waals surface area contributed by atoms with Crippen LogP contribution < -0.4 is 5.32 Å². The first-order chi connectivity index (χ1) is 8.43. The molecule has 0 heterocycles. The molecule has 0 aromatic heterocycles. The fourth-order valence-corrected chi connectivity index (χ4v) is 2.26. The minimum atomic E-state index is 0.726. The Bertz CT molecular complexity index is 178. The second kappa shape index (κ2) is 10.8. The number of nitrogens with zero attached hydrogens (tertiary/aromatic N) is 1. The molecule has 1 atom stereocenters. The summed E-state index contributed by atoms with van der Waals surface area (Å²) in [4.78, 5) is 2.52. The van der Waals surface area contributed by atoms with Crippen molar-refractivity contribution in [1.29, 1.82) is 0 Å². The molecule has 2 heteroatoms. The van der Waals surface area contributed by atoms with E-state index in [2.05, 4.69) is 51.9 Å². The van der Waals surface area contributed by atoms with E-state index in [1.807, 2.05) is 0 Å². The van der Waals surface area contributed by atoms with E-state index < -0.39 is 0 Å². The molecule has 0 aromatic carbocycles. The summed E-state index contributed by atoms with van der Waals surface area (Å²) in [6.07, 6.45) is 5.32. The van der Waals surface area contributed by atoms with Crippen LogP contribution >= 0.6 is 0 Å². The van der Waals surface area contributed by atoms with Crippen LogP contribution in [0.15, 0.2) is 0 Å². The highest BCUT2D eigenvalue weighted by Crippen LogP contribution is 2.10. The van der Waals surface area contributed by atoms with E-state index in [4.69, 9.17) is 0 Å². The molecule has 0 saturated carbocycles. The van der Waals surface area contributed by atoms with E-state index in [0.717, 1.165) is 24.4 Å². The van der Waals surface area contributed by atoms with Crippen molar-refractivity contribution < 1.29 is 0 Å². The van der Waals surface area contributed by atoms with Gasteiger partial charge in [0.2, 0.25) is 0 Å². The second-order valence-corrected chi connectivity index (χ2v) is 6.62. The lowest BCUT2D eigenvalue weighted by atomic mass is 10.0. The zero-order valence-corrected chi connectivity index (χ0v) is 13.6. The average molecular weight is 256 g/mol. The SMILES string of the molecule is CC(C)CNCCCCCN(C)C(C)CC(C)C. The van der Waals surface area contributed by atoms with Crippen LogP contribution in [0.1, 0.15) is 60.3 Å². The summed E-state index contributed by atoms with van der Waals surface area (Å²) in [7, 11) is 2.27. The first-order valence-electron chi connectivity index (χ1n) is 7.84. The number of rotatable bonds is 11. The van der Waals surface area contributed by atoms with E-state index in [0.29, 0.717) is 0 Å². The van der Waals surface area contributed by atoms with Crippen molar-refractivity contribution in [1.82, 2.24) is 10.2 Å². The molecule has 0 rings (SSSR count). The van der Waals surface area contributed by atoms with Crippen LogP contribution in [0.5, 0.6) is 0 Å². The lowest BCUT2D eigenvalue weighted by molar-refractivity contribution is 0.224. The molecule has 0 aromatic rings. The maximum atomic E-state index is 3.51. The summed E-state index contributed by atoms with van der Waals surface area (Å²) in [5, 5.41) is 3.51. The summed E-state index contributed by atoms with van der Waals surface area (Å²) >= 11 is 0. The average Bonchev–Trinajstić information content (AvgIpc) is 2.26. The molecule has 0 aliphatic carbocycles. The van der Waals surface area contributed by atoms with Crippen molar-refractivity contribution in [3.05, 3.63) is 0 Å². The minimum absolute atomic E-state index is 0.726. The largest absolute Gasteiger partial charge is 0.316 e. The van der Waals surface area contributed by atoms with Crippen LogP contribution in [0.3, 0.4) is 0 Å². The second-order valence-electron chi connectivity index (χ2n) is 6.62. The number of nitrogens with one attached hydrogen (secondary N) is 1. The normalized spacial score (nSPS) is 13.8. The molecule has 0 spiro atoms. The molecular weight excluding hydrogens is 220 g/mol. The lowest BCUT2D eigenvalue weighted by Gasteiger charge is -2.26. The van der Waals surface area contributed by atoms with Gasteiger partial charge in [0.25, 0.3) is 0 Å². The predicted octanol–water partition coefficient (Wildman–Crippen LogP) is 3.77. The molecule has 1 N–H and O–H groups in total. The first kappa shape index (κ1) is 17.9. The smallest absolute Gasteiger partial charge is 0.00663 e. The van der Waals surface area contributed by atoms with Crippen LogP contribution in [0.4, 0.5) is 0 Å². The fourth-order valence-electron chi connectivity index (χ4n) is 2.26. The first-order valence-corrected chi connectivity index (χ1v) is 7.84. The summed E-state index contributed by atoms with van der Waals surface area (Å²) in [5.41, 5.74) is 0. The zero-order valence-electron chi connectivity index (χ0n) is 13.6. The molecule has 0 aliphatic heterocycles. The lowest BCUT2D eigenvalue weighted by Crippen LogP contribution is -2.31. The van der Waals surface area contributed by atoms with E-state index in [1.54, 1.807) is 0 Å². The third-order valence-corrected chi connectivity index (χ3v) is 3.48. The number of unbranched alkanes of at least 4 members (excludes halogenated alkanes) is 2. The van der Waals surface area contributed by atoms with E-state index in [-0.39, 0.29) is 0 Å². The van der Waals surface area contributed by atoms with Crippen LogP contribution in [-0.2, 0) is 0 Å². The Morgan fingerprint density at radius 1 is 0.889 bits per heavy atom. The molecule has 2 nitrogen and oxygen atoms in total. The van der Waals surface area contributed by atoms with Gasteiger partial charge < -0.3 is 10.2 Å². The van der Waals surface area contributed by atoms with Gasteiger partial charge in [0.15, 0.2) is 0 Å². The predicted molar refractivity (Wildman–Crippen MR) is 83.1 cm³/mol. The van der Waals surface area contributed by atoms with Gasteiger partial charge in [-0.3, -0.25) is 0 Å². The van der Waals surface area contributed by atoms with Gasteiger partial charge in [-0.25, -0.2) is 0 Å². The van der Waals surface area contributed by atoms with Gasteiger partial charge in [-0.1, -0.05) is 34.1 Å². The Kier molecular flexibility index (Phi) is 10.8.